The predicted molar refractivity (Wildman–Crippen MR) is 104 cm³/mol. The topological polar surface area (TPSA) is 52.4 Å². The summed E-state index contributed by atoms with van der Waals surface area (Å²) in [6, 6.07) is 12.6. The molecule has 1 saturated heterocycles. The third kappa shape index (κ3) is 4.14. The lowest BCUT2D eigenvalue weighted by molar-refractivity contribution is 0.285. The zero-order chi connectivity index (χ0) is 18.5. The van der Waals surface area contributed by atoms with E-state index in [9.17, 15) is 5.26 Å². The third-order valence-electron chi connectivity index (χ3n) is 4.89. The summed E-state index contributed by atoms with van der Waals surface area (Å²) in [7, 11) is 1.69. The molecule has 0 spiro atoms. The average Bonchev–Trinajstić information content (AvgIpc) is 2.87. The highest BCUT2D eigenvalue weighted by Crippen LogP contribution is 2.23. The first-order chi connectivity index (χ1) is 12.6. The molecule has 0 amide bonds. The van der Waals surface area contributed by atoms with Crippen molar-refractivity contribution in [2.75, 3.05) is 38.2 Å². The Morgan fingerprint density at radius 2 is 1.88 bits per heavy atom. The van der Waals surface area contributed by atoms with Gasteiger partial charge in [0.2, 0.25) is 0 Å². The van der Waals surface area contributed by atoms with E-state index < -0.39 is 0 Å². The van der Waals surface area contributed by atoms with Crippen molar-refractivity contribution in [3.05, 3.63) is 52.7 Å². The number of benzene rings is 1. The lowest BCUT2D eigenvalue weighted by atomic mass is 10.1. The molecule has 0 aliphatic carbocycles. The van der Waals surface area contributed by atoms with Crippen molar-refractivity contribution in [3.8, 4) is 11.8 Å². The van der Waals surface area contributed by atoms with E-state index in [0.29, 0.717) is 5.56 Å². The van der Waals surface area contributed by atoms with Gasteiger partial charge in [-0.25, -0.2) is 4.98 Å². The summed E-state index contributed by atoms with van der Waals surface area (Å²) in [5.74, 6) is 1.73. The van der Waals surface area contributed by atoms with Gasteiger partial charge in [0.05, 0.1) is 12.7 Å². The summed E-state index contributed by atoms with van der Waals surface area (Å²) >= 11 is 0. The number of ether oxygens (including phenoxy) is 1. The second kappa shape index (κ2) is 8.20. The molecule has 2 aromatic rings. The van der Waals surface area contributed by atoms with Gasteiger partial charge in [-0.3, -0.25) is 4.90 Å². The molecule has 0 bridgehead atoms. The maximum absolute atomic E-state index is 9.54. The minimum absolute atomic E-state index is 0.708. The van der Waals surface area contributed by atoms with Crippen LogP contribution in [0.1, 0.15) is 28.8 Å². The number of nitrogens with zero attached hydrogens (tertiary/aromatic N) is 4. The summed E-state index contributed by atoms with van der Waals surface area (Å²) in [6.45, 7) is 8.75. The maximum atomic E-state index is 9.54. The molecule has 2 heterocycles. The minimum Gasteiger partial charge on any atom is -0.497 e. The van der Waals surface area contributed by atoms with Gasteiger partial charge < -0.3 is 9.64 Å². The predicted octanol–water partition coefficient (Wildman–Crippen LogP) is 3.29. The van der Waals surface area contributed by atoms with Crippen molar-refractivity contribution < 1.29 is 4.74 Å². The molecule has 5 nitrogen and oxygen atoms in total. The number of aromatic nitrogens is 1. The van der Waals surface area contributed by atoms with Crippen LogP contribution in [0, 0.1) is 25.2 Å². The van der Waals surface area contributed by atoms with Crippen LogP contribution in [-0.2, 0) is 6.54 Å². The van der Waals surface area contributed by atoms with Crippen LogP contribution >= 0.6 is 0 Å². The molecule has 0 N–H and O–H groups in total. The Kier molecular flexibility index (Phi) is 5.75. The first-order valence-electron chi connectivity index (χ1n) is 9.09. The number of rotatable bonds is 4. The molecule has 0 radical (unpaired) electrons. The Bertz CT molecular complexity index is 795. The summed E-state index contributed by atoms with van der Waals surface area (Å²) in [6.07, 6.45) is 1.07. The SMILES string of the molecule is COc1ccc(CN2CCCN(c3nc(C)cc(C)c3C#N)CC2)cc1. The molecule has 1 aromatic heterocycles. The van der Waals surface area contributed by atoms with Crippen LogP contribution in [0.3, 0.4) is 0 Å². The van der Waals surface area contributed by atoms with Gasteiger partial charge in [0.1, 0.15) is 17.6 Å². The number of anilines is 1. The van der Waals surface area contributed by atoms with Gasteiger partial charge in [-0.15, -0.1) is 0 Å². The second-order valence-electron chi connectivity index (χ2n) is 6.86. The molecule has 1 aliphatic heterocycles. The first-order valence-corrected chi connectivity index (χ1v) is 9.09. The third-order valence-corrected chi connectivity index (χ3v) is 4.89. The largest absolute Gasteiger partial charge is 0.497 e. The maximum Gasteiger partial charge on any atom is 0.147 e. The summed E-state index contributed by atoms with van der Waals surface area (Å²) < 4.78 is 5.23. The highest BCUT2D eigenvalue weighted by Gasteiger charge is 2.20. The van der Waals surface area contributed by atoms with Gasteiger partial charge in [-0.2, -0.15) is 5.26 Å². The van der Waals surface area contributed by atoms with E-state index >= 15 is 0 Å². The fourth-order valence-corrected chi connectivity index (χ4v) is 3.51. The lowest BCUT2D eigenvalue weighted by Gasteiger charge is -2.24. The summed E-state index contributed by atoms with van der Waals surface area (Å²) in [5, 5.41) is 9.54. The molecular formula is C21H26N4O. The normalized spacial score (nSPS) is 15.4. The molecule has 136 valence electrons. The smallest absolute Gasteiger partial charge is 0.147 e. The van der Waals surface area contributed by atoms with Crippen molar-refractivity contribution in [2.24, 2.45) is 0 Å². The lowest BCUT2D eigenvalue weighted by Crippen LogP contribution is -2.31. The van der Waals surface area contributed by atoms with Crippen molar-refractivity contribution >= 4 is 5.82 Å². The van der Waals surface area contributed by atoms with Gasteiger partial charge in [0.25, 0.3) is 0 Å². The molecule has 3 rings (SSSR count). The van der Waals surface area contributed by atoms with Crippen molar-refractivity contribution in [1.82, 2.24) is 9.88 Å². The summed E-state index contributed by atoms with van der Waals surface area (Å²) in [4.78, 5) is 9.41. The number of hydrogen-bond donors (Lipinski definition) is 0. The van der Waals surface area contributed by atoms with Crippen LogP contribution < -0.4 is 9.64 Å². The van der Waals surface area contributed by atoms with E-state index in [0.717, 1.165) is 62.0 Å². The van der Waals surface area contributed by atoms with Gasteiger partial charge >= 0.3 is 0 Å². The van der Waals surface area contributed by atoms with Crippen LogP contribution in [0.4, 0.5) is 5.82 Å². The molecular weight excluding hydrogens is 324 g/mol. The Morgan fingerprint density at radius 1 is 1.12 bits per heavy atom. The molecule has 1 aliphatic rings. The zero-order valence-electron chi connectivity index (χ0n) is 15.8. The number of methoxy groups -OCH3 is 1. The molecule has 0 saturated carbocycles. The highest BCUT2D eigenvalue weighted by molar-refractivity contribution is 5.58. The van der Waals surface area contributed by atoms with Crippen molar-refractivity contribution in [1.29, 1.82) is 5.26 Å². The van der Waals surface area contributed by atoms with E-state index in [4.69, 9.17) is 4.74 Å². The Morgan fingerprint density at radius 3 is 2.58 bits per heavy atom. The molecule has 26 heavy (non-hydrogen) atoms. The Labute approximate surface area is 155 Å². The van der Waals surface area contributed by atoms with Crippen molar-refractivity contribution in [3.63, 3.8) is 0 Å². The van der Waals surface area contributed by atoms with E-state index in [2.05, 4.69) is 33.0 Å². The van der Waals surface area contributed by atoms with E-state index in [1.54, 1.807) is 7.11 Å². The molecule has 1 fully saturated rings. The Balaban J connectivity index is 1.69. The fourth-order valence-electron chi connectivity index (χ4n) is 3.51. The molecule has 0 unspecified atom stereocenters. The first kappa shape index (κ1) is 18.2. The van der Waals surface area contributed by atoms with E-state index in [1.165, 1.54) is 5.56 Å². The van der Waals surface area contributed by atoms with E-state index in [1.807, 2.05) is 32.0 Å². The van der Waals surface area contributed by atoms with Crippen LogP contribution in [0.2, 0.25) is 0 Å². The number of hydrogen-bond acceptors (Lipinski definition) is 5. The van der Waals surface area contributed by atoms with Crippen molar-refractivity contribution in [2.45, 2.75) is 26.8 Å². The highest BCUT2D eigenvalue weighted by atomic mass is 16.5. The number of aryl methyl sites for hydroxylation is 2. The minimum atomic E-state index is 0.708. The second-order valence-corrected chi connectivity index (χ2v) is 6.86. The average molecular weight is 350 g/mol. The number of nitriles is 1. The van der Waals surface area contributed by atoms with Crippen LogP contribution in [0.5, 0.6) is 5.75 Å². The zero-order valence-corrected chi connectivity index (χ0v) is 15.8. The van der Waals surface area contributed by atoms with Gasteiger partial charge in [0, 0.05) is 38.4 Å². The monoisotopic (exact) mass is 350 g/mol. The van der Waals surface area contributed by atoms with Crippen LogP contribution in [-0.4, -0.2) is 43.2 Å². The fraction of sp³-hybridized carbons (Fsp3) is 0.429. The summed E-state index contributed by atoms with van der Waals surface area (Å²) in [5.41, 5.74) is 3.98. The number of pyridine rings is 1. The Hall–Kier alpha value is -2.58. The molecule has 1 aromatic carbocycles. The standard InChI is InChI=1S/C21H26N4O/c1-16-13-17(2)23-21(20(16)14-22)25-10-4-9-24(11-12-25)15-18-5-7-19(26-3)8-6-18/h5-8,13H,4,9-12,15H2,1-3H3. The van der Waals surface area contributed by atoms with Crippen LogP contribution in [0.15, 0.2) is 30.3 Å². The van der Waals surface area contributed by atoms with E-state index in [-0.39, 0.29) is 0 Å². The molecule has 0 atom stereocenters. The quantitative estimate of drug-likeness (QED) is 0.847. The van der Waals surface area contributed by atoms with Crippen LogP contribution in [0.25, 0.3) is 0 Å². The molecule has 5 heteroatoms. The van der Waals surface area contributed by atoms with Gasteiger partial charge in [0.15, 0.2) is 0 Å². The van der Waals surface area contributed by atoms with Gasteiger partial charge in [-0.1, -0.05) is 12.1 Å². The van der Waals surface area contributed by atoms with Gasteiger partial charge in [-0.05, 0) is 49.6 Å².